The van der Waals surface area contributed by atoms with Gasteiger partial charge < -0.3 is 14.2 Å². The van der Waals surface area contributed by atoms with Crippen LogP contribution in [-0.4, -0.2) is 18.9 Å². The Kier molecular flexibility index (Phi) is 12.2. The molecule has 0 saturated carbocycles. The third kappa shape index (κ3) is 9.97. The average Bonchev–Trinajstić information content (AvgIpc) is 2.90. The Balaban J connectivity index is 1.45. The van der Waals surface area contributed by atoms with E-state index in [1.807, 2.05) is 48.5 Å². The molecule has 1 fully saturated rings. The lowest BCUT2D eigenvalue weighted by Gasteiger charge is -2.29. The van der Waals surface area contributed by atoms with Gasteiger partial charge in [-0.3, -0.25) is 0 Å². The van der Waals surface area contributed by atoms with Crippen molar-refractivity contribution in [2.75, 3.05) is 6.61 Å². The summed E-state index contributed by atoms with van der Waals surface area (Å²) in [5.41, 5.74) is 2.87. The second-order valence-electron chi connectivity index (χ2n) is 9.69. The molecular formula is C32H42O4. The summed E-state index contributed by atoms with van der Waals surface area (Å²) in [5, 5.41) is 0. The molecule has 1 aliphatic rings. The van der Waals surface area contributed by atoms with E-state index in [0.717, 1.165) is 48.3 Å². The molecular weight excluding hydrogens is 448 g/mol. The summed E-state index contributed by atoms with van der Waals surface area (Å²) >= 11 is 0. The van der Waals surface area contributed by atoms with Crippen molar-refractivity contribution in [2.45, 2.75) is 103 Å². The van der Waals surface area contributed by atoms with Gasteiger partial charge in [-0.25, -0.2) is 4.79 Å². The molecule has 2 atom stereocenters. The van der Waals surface area contributed by atoms with Crippen LogP contribution in [0.2, 0.25) is 0 Å². The van der Waals surface area contributed by atoms with Gasteiger partial charge in [0.1, 0.15) is 18.0 Å². The van der Waals surface area contributed by atoms with Gasteiger partial charge in [0.25, 0.3) is 0 Å². The molecule has 2 aromatic carbocycles. The largest absolute Gasteiger partial charge is 0.509 e. The van der Waals surface area contributed by atoms with Crippen LogP contribution in [0.25, 0.3) is 0 Å². The van der Waals surface area contributed by atoms with Crippen LogP contribution < -0.4 is 4.74 Å². The summed E-state index contributed by atoms with van der Waals surface area (Å²) in [6, 6.07) is 16.0. The number of benzene rings is 2. The van der Waals surface area contributed by atoms with Crippen LogP contribution in [0, 0.1) is 11.8 Å². The molecule has 0 unspecified atom stereocenters. The van der Waals surface area contributed by atoms with E-state index in [9.17, 15) is 4.79 Å². The molecule has 0 N–H and O–H groups in total. The summed E-state index contributed by atoms with van der Waals surface area (Å²) in [6.07, 6.45) is 13.0. The van der Waals surface area contributed by atoms with Crippen molar-refractivity contribution in [1.29, 1.82) is 0 Å². The van der Waals surface area contributed by atoms with Crippen molar-refractivity contribution < 1.29 is 19.0 Å². The molecule has 1 heterocycles. The fourth-order valence-corrected chi connectivity index (χ4v) is 4.43. The molecule has 36 heavy (non-hydrogen) atoms. The lowest BCUT2D eigenvalue weighted by atomic mass is 9.98. The highest BCUT2D eigenvalue weighted by molar-refractivity contribution is 5.61. The molecule has 194 valence electrons. The predicted molar refractivity (Wildman–Crippen MR) is 145 cm³/mol. The van der Waals surface area contributed by atoms with E-state index >= 15 is 0 Å². The first-order valence-electron chi connectivity index (χ1n) is 13.9. The van der Waals surface area contributed by atoms with Crippen LogP contribution in [0.4, 0.5) is 4.79 Å². The van der Waals surface area contributed by atoms with E-state index in [-0.39, 0.29) is 12.2 Å². The van der Waals surface area contributed by atoms with Crippen LogP contribution in [-0.2, 0) is 9.47 Å². The predicted octanol–water partition coefficient (Wildman–Crippen LogP) is 8.76. The maximum absolute atomic E-state index is 11.9. The summed E-state index contributed by atoms with van der Waals surface area (Å²) < 4.78 is 16.7. The fraction of sp³-hybridized carbons (Fsp3) is 0.531. The topological polar surface area (TPSA) is 44.8 Å². The highest BCUT2D eigenvalue weighted by Crippen LogP contribution is 2.31. The van der Waals surface area contributed by atoms with Gasteiger partial charge in [0.15, 0.2) is 0 Å². The number of carbonyl (C=O) groups excluding carboxylic acids is 1. The maximum atomic E-state index is 11.9. The van der Waals surface area contributed by atoms with Crippen molar-refractivity contribution in [3.8, 4) is 17.6 Å². The zero-order chi connectivity index (χ0) is 25.4. The van der Waals surface area contributed by atoms with E-state index in [1.165, 1.54) is 51.4 Å². The normalized spacial score (nSPS) is 17.0. The summed E-state index contributed by atoms with van der Waals surface area (Å²) in [6.45, 7) is 5.21. The van der Waals surface area contributed by atoms with Crippen molar-refractivity contribution in [2.24, 2.45) is 0 Å². The summed E-state index contributed by atoms with van der Waals surface area (Å²) in [4.78, 5) is 11.9. The minimum absolute atomic E-state index is 0.0645. The quantitative estimate of drug-likeness (QED) is 0.151. The van der Waals surface area contributed by atoms with Gasteiger partial charge >= 0.3 is 6.16 Å². The molecule has 0 aliphatic carbocycles. The zero-order valence-electron chi connectivity index (χ0n) is 22.1. The Bertz CT molecular complexity index is 952. The molecule has 0 radical (unpaired) electrons. The highest BCUT2D eigenvalue weighted by atomic mass is 16.7. The first kappa shape index (κ1) is 27.7. The van der Waals surface area contributed by atoms with Gasteiger partial charge in [-0.15, -0.1) is 0 Å². The number of ether oxygens (including phenoxy) is 3. The second-order valence-corrected chi connectivity index (χ2v) is 9.69. The van der Waals surface area contributed by atoms with E-state index in [4.69, 9.17) is 14.2 Å². The van der Waals surface area contributed by atoms with Gasteiger partial charge in [-0.05, 0) is 61.2 Å². The van der Waals surface area contributed by atoms with Crippen molar-refractivity contribution in [3.63, 3.8) is 0 Å². The Labute approximate surface area is 217 Å². The van der Waals surface area contributed by atoms with E-state index in [1.54, 1.807) is 0 Å². The summed E-state index contributed by atoms with van der Waals surface area (Å²) in [7, 11) is 0. The number of cyclic esters (lactones) is 2. The van der Waals surface area contributed by atoms with Crippen LogP contribution in [0.5, 0.6) is 5.75 Å². The lowest BCUT2D eigenvalue weighted by molar-refractivity contribution is -0.0638. The van der Waals surface area contributed by atoms with E-state index in [0.29, 0.717) is 6.42 Å². The van der Waals surface area contributed by atoms with Crippen molar-refractivity contribution in [1.82, 2.24) is 0 Å². The minimum atomic E-state index is -0.560. The fourth-order valence-electron chi connectivity index (χ4n) is 4.43. The third-order valence-corrected chi connectivity index (χ3v) is 6.61. The number of carbonyl (C=O) groups is 1. The number of hydrogen-bond acceptors (Lipinski definition) is 4. The maximum Gasteiger partial charge on any atom is 0.509 e. The third-order valence-electron chi connectivity index (χ3n) is 6.61. The molecule has 2 aromatic rings. The Morgan fingerprint density at radius 3 is 2.00 bits per heavy atom. The SMILES string of the molecule is CCCCCCCCOc1ccc(C#Cc2ccc([C@H]3C[C@@H](CCCCCC)OC(=O)O3)cc2)cc1. The minimum Gasteiger partial charge on any atom is -0.494 e. The molecule has 0 aromatic heterocycles. The standard InChI is InChI=1S/C32H42O4/c1-3-5-7-9-10-12-24-34-29-22-18-27(19-23-29)15-14-26-16-20-28(21-17-26)31-25-30(35-32(33)36-31)13-11-8-6-4-2/h16-23,30-31H,3-13,24-25H2,1-2H3/t30-,31-/m1/s1. The van der Waals surface area contributed by atoms with Gasteiger partial charge in [0.05, 0.1) is 6.61 Å². The summed E-state index contributed by atoms with van der Waals surface area (Å²) in [5.74, 6) is 7.34. The molecule has 0 bridgehead atoms. The molecule has 4 heteroatoms. The lowest BCUT2D eigenvalue weighted by Crippen LogP contribution is -2.29. The first-order chi connectivity index (χ1) is 17.7. The number of rotatable bonds is 14. The van der Waals surface area contributed by atoms with Gasteiger partial charge in [-0.1, -0.05) is 89.2 Å². The molecule has 0 amide bonds. The Morgan fingerprint density at radius 2 is 1.33 bits per heavy atom. The molecule has 3 rings (SSSR count). The van der Waals surface area contributed by atoms with Crippen LogP contribution in [0.3, 0.4) is 0 Å². The Hall–Kier alpha value is -2.93. The van der Waals surface area contributed by atoms with E-state index < -0.39 is 6.16 Å². The smallest absolute Gasteiger partial charge is 0.494 e. The van der Waals surface area contributed by atoms with Crippen LogP contribution >= 0.6 is 0 Å². The van der Waals surface area contributed by atoms with Gasteiger partial charge in [0, 0.05) is 17.5 Å². The number of unbranched alkanes of at least 4 members (excludes halogenated alkanes) is 8. The van der Waals surface area contributed by atoms with Crippen molar-refractivity contribution >= 4 is 6.16 Å². The van der Waals surface area contributed by atoms with Crippen molar-refractivity contribution in [3.05, 3.63) is 65.2 Å². The Morgan fingerprint density at radius 1 is 0.750 bits per heavy atom. The molecule has 0 spiro atoms. The average molecular weight is 491 g/mol. The van der Waals surface area contributed by atoms with Crippen LogP contribution in [0.1, 0.15) is 114 Å². The first-order valence-corrected chi connectivity index (χ1v) is 13.9. The zero-order valence-corrected chi connectivity index (χ0v) is 22.1. The molecule has 1 aliphatic heterocycles. The monoisotopic (exact) mass is 490 g/mol. The highest BCUT2D eigenvalue weighted by Gasteiger charge is 2.30. The number of hydrogen-bond donors (Lipinski definition) is 0. The van der Waals surface area contributed by atoms with Crippen LogP contribution in [0.15, 0.2) is 48.5 Å². The van der Waals surface area contributed by atoms with Gasteiger partial charge in [-0.2, -0.15) is 0 Å². The van der Waals surface area contributed by atoms with Gasteiger partial charge in [0.2, 0.25) is 0 Å². The van der Waals surface area contributed by atoms with E-state index in [2.05, 4.69) is 25.7 Å². The molecule has 4 nitrogen and oxygen atoms in total. The molecule has 1 saturated heterocycles. The second kappa shape index (κ2) is 15.9.